The fourth-order valence-electron chi connectivity index (χ4n) is 3.37. The molecule has 4 rings (SSSR count). The van der Waals surface area contributed by atoms with Crippen LogP contribution in [0.5, 0.6) is 11.6 Å². The normalized spacial score (nSPS) is 14.5. The average molecular weight is 472 g/mol. The Labute approximate surface area is 180 Å². The quantitative estimate of drug-likeness (QED) is 0.528. The van der Waals surface area contributed by atoms with Crippen LogP contribution in [0.1, 0.15) is 0 Å². The zero-order valence-electron chi connectivity index (χ0n) is 16.8. The van der Waals surface area contributed by atoms with Crippen LogP contribution in [-0.2, 0) is 0 Å². The SMILES string of the molecule is COc1ccc2nc(OC)c([AsH]C(=O)N3CCN(c4ccc(F)cc4)CC3)nc2c1. The Morgan fingerprint density at radius 3 is 2.37 bits per heavy atom. The number of halogens is 1. The number of anilines is 1. The summed E-state index contributed by atoms with van der Waals surface area (Å²) in [4.78, 5) is 26.1. The van der Waals surface area contributed by atoms with Gasteiger partial charge in [-0.25, -0.2) is 0 Å². The maximum atomic E-state index is 13.1. The van der Waals surface area contributed by atoms with Crippen molar-refractivity contribution in [3.05, 3.63) is 48.3 Å². The molecule has 0 saturated carbocycles. The van der Waals surface area contributed by atoms with Gasteiger partial charge in [-0.15, -0.1) is 0 Å². The Morgan fingerprint density at radius 1 is 0.967 bits per heavy atom. The molecule has 1 unspecified atom stereocenters. The third kappa shape index (κ3) is 4.33. The predicted molar refractivity (Wildman–Crippen MR) is 115 cm³/mol. The van der Waals surface area contributed by atoms with Crippen molar-refractivity contribution in [2.45, 2.75) is 0 Å². The van der Waals surface area contributed by atoms with Crippen LogP contribution in [0, 0.1) is 5.82 Å². The molecule has 1 atom stereocenters. The van der Waals surface area contributed by atoms with Crippen LogP contribution in [0.2, 0.25) is 0 Å². The summed E-state index contributed by atoms with van der Waals surface area (Å²) in [7, 11) is 3.14. The summed E-state index contributed by atoms with van der Waals surface area (Å²) in [6, 6.07) is 11.9. The number of carbonyl (C=O) groups is 1. The summed E-state index contributed by atoms with van der Waals surface area (Å²) < 4.78 is 24.5. The number of benzene rings is 2. The van der Waals surface area contributed by atoms with Crippen molar-refractivity contribution in [1.82, 2.24) is 14.9 Å². The van der Waals surface area contributed by atoms with E-state index in [2.05, 4.69) is 14.9 Å². The van der Waals surface area contributed by atoms with E-state index in [-0.39, 0.29) is 10.5 Å². The monoisotopic (exact) mass is 472 g/mol. The molecule has 7 nitrogen and oxygen atoms in total. The van der Waals surface area contributed by atoms with Crippen molar-refractivity contribution in [3.63, 3.8) is 0 Å². The Balaban J connectivity index is 1.46. The number of aromatic nitrogens is 2. The number of carbonyl (C=O) groups excluding carboxylic acids is 1. The molecule has 1 saturated heterocycles. The number of nitrogens with zero attached hydrogens (tertiary/aromatic N) is 4. The third-order valence-corrected chi connectivity index (χ3v) is 7.31. The van der Waals surface area contributed by atoms with E-state index in [0.29, 0.717) is 53.3 Å². The van der Waals surface area contributed by atoms with Crippen LogP contribution < -0.4 is 18.9 Å². The fourth-order valence-corrected chi connectivity index (χ4v) is 5.52. The van der Waals surface area contributed by atoms with Crippen LogP contribution in [0.15, 0.2) is 42.5 Å². The van der Waals surface area contributed by atoms with Crippen molar-refractivity contribution in [1.29, 1.82) is 0 Å². The van der Waals surface area contributed by atoms with Gasteiger partial charge in [-0.2, -0.15) is 0 Å². The molecule has 1 amide bonds. The topological polar surface area (TPSA) is 67.8 Å². The Morgan fingerprint density at radius 2 is 1.70 bits per heavy atom. The number of rotatable bonds is 5. The molecule has 30 heavy (non-hydrogen) atoms. The maximum absolute atomic E-state index is 13.1. The first kappa shape index (κ1) is 20.4. The molecule has 1 fully saturated rings. The first-order valence-corrected chi connectivity index (χ1v) is 11.6. The van der Waals surface area contributed by atoms with Gasteiger partial charge in [-0.05, 0) is 0 Å². The minimum absolute atomic E-state index is 0.101. The molecule has 0 radical (unpaired) electrons. The molecule has 1 aliphatic rings. The van der Waals surface area contributed by atoms with Crippen LogP contribution in [-0.4, -0.2) is 75.7 Å². The molecule has 1 aliphatic heterocycles. The summed E-state index contributed by atoms with van der Waals surface area (Å²) in [6.45, 7) is 2.66. The van der Waals surface area contributed by atoms with Gasteiger partial charge in [-0.3, -0.25) is 0 Å². The average Bonchev–Trinajstić information content (AvgIpc) is 2.78. The molecular formula is C21H22AsFN4O3. The first-order valence-electron chi connectivity index (χ1n) is 9.53. The molecule has 0 aliphatic carbocycles. The van der Waals surface area contributed by atoms with E-state index in [1.54, 1.807) is 26.4 Å². The molecule has 3 aromatic rings. The molecule has 9 heteroatoms. The second-order valence-electron chi connectivity index (χ2n) is 6.82. The summed E-state index contributed by atoms with van der Waals surface area (Å²) >= 11 is -1.23. The van der Waals surface area contributed by atoms with E-state index in [1.807, 2.05) is 23.1 Å². The van der Waals surface area contributed by atoms with Crippen LogP contribution in [0.4, 0.5) is 14.9 Å². The number of methoxy groups -OCH3 is 2. The molecule has 2 heterocycles. The van der Waals surface area contributed by atoms with E-state index in [9.17, 15) is 9.18 Å². The summed E-state index contributed by atoms with van der Waals surface area (Å²) in [5, 5.41) is 0. The Hall–Kier alpha value is -2.86. The van der Waals surface area contributed by atoms with Gasteiger partial charge in [0, 0.05) is 0 Å². The summed E-state index contributed by atoms with van der Waals surface area (Å²) in [6.07, 6.45) is 0. The fraction of sp³-hybridized carbons (Fsp3) is 0.286. The standard InChI is InChI=1S/C21H22AsFN4O3/c1-29-16-7-8-17-18(13-16)24-19(20(25-17)30-2)22-21(28)27-11-9-26(10-12-27)15-5-3-14(23)4-6-15/h3-8,13,22H,9-12H2,1-2H3. The van der Waals surface area contributed by atoms with E-state index in [0.717, 1.165) is 5.69 Å². The van der Waals surface area contributed by atoms with Crippen LogP contribution >= 0.6 is 0 Å². The molecule has 156 valence electrons. The van der Waals surface area contributed by atoms with E-state index in [4.69, 9.17) is 9.47 Å². The molecule has 0 spiro atoms. The van der Waals surface area contributed by atoms with Gasteiger partial charge in [0.25, 0.3) is 0 Å². The molecule has 1 aromatic heterocycles. The zero-order chi connectivity index (χ0) is 21.1. The second kappa shape index (κ2) is 8.88. The van der Waals surface area contributed by atoms with Crippen LogP contribution in [0.25, 0.3) is 11.0 Å². The van der Waals surface area contributed by atoms with Crippen molar-refractivity contribution in [3.8, 4) is 11.6 Å². The Kier molecular flexibility index (Phi) is 6.04. The number of fused-ring (bicyclic) bond motifs is 1. The first-order chi connectivity index (χ1) is 14.6. The number of piperazine rings is 1. The van der Waals surface area contributed by atoms with E-state index in [1.165, 1.54) is 12.1 Å². The third-order valence-electron chi connectivity index (χ3n) is 5.02. The predicted octanol–water partition coefficient (Wildman–Crippen LogP) is 1.79. The summed E-state index contributed by atoms with van der Waals surface area (Å²) in [5.74, 6) is 0.850. The molecule has 0 N–H and O–H groups in total. The number of amides is 1. The number of hydrogen-bond acceptors (Lipinski definition) is 6. The number of hydrogen-bond donors (Lipinski definition) is 0. The van der Waals surface area contributed by atoms with Gasteiger partial charge in [-0.1, -0.05) is 0 Å². The Bertz CT molecular complexity index is 1060. The number of ether oxygens (including phenoxy) is 2. The minimum atomic E-state index is -1.23. The van der Waals surface area contributed by atoms with Crippen molar-refractivity contribution < 1.29 is 18.7 Å². The van der Waals surface area contributed by atoms with E-state index < -0.39 is 15.8 Å². The molecule has 0 bridgehead atoms. The van der Waals surface area contributed by atoms with Crippen molar-refractivity contribution in [2.75, 3.05) is 45.3 Å². The summed E-state index contributed by atoms with van der Waals surface area (Å²) in [5.41, 5.74) is 2.35. The van der Waals surface area contributed by atoms with Gasteiger partial charge in [0.1, 0.15) is 0 Å². The van der Waals surface area contributed by atoms with Gasteiger partial charge >= 0.3 is 180 Å². The van der Waals surface area contributed by atoms with E-state index >= 15 is 0 Å². The van der Waals surface area contributed by atoms with Crippen molar-refractivity contribution >= 4 is 41.6 Å². The van der Waals surface area contributed by atoms with Gasteiger partial charge < -0.3 is 0 Å². The van der Waals surface area contributed by atoms with Crippen molar-refractivity contribution in [2.24, 2.45) is 0 Å². The van der Waals surface area contributed by atoms with Gasteiger partial charge in [0.05, 0.1) is 0 Å². The zero-order valence-corrected chi connectivity index (χ0v) is 18.9. The van der Waals surface area contributed by atoms with Gasteiger partial charge in [0.15, 0.2) is 0 Å². The molecular weight excluding hydrogens is 450 g/mol. The van der Waals surface area contributed by atoms with Gasteiger partial charge in [0.2, 0.25) is 0 Å². The molecule has 2 aromatic carbocycles. The van der Waals surface area contributed by atoms with Crippen LogP contribution in [0.3, 0.4) is 0 Å². The second-order valence-corrected chi connectivity index (χ2v) is 9.23.